The first-order valence-corrected chi connectivity index (χ1v) is 11.4. The number of hydrogen-bond donors (Lipinski definition) is 2. The molecule has 4 aromatic rings. The van der Waals surface area contributed by atoms with Crippen molar-refractivity contribution in [3.8, 4) is 11.5 Å². The molecule has 1 fully saturated rings. The summed E-state index contributed by atoms with van der Waals surface area (Å²) < 4.78 is 31.9. The predicted octanol–water partition coefficient (Wildman–Crippen LogP) is 5.15. The third-order valence-electron chi connectivity index (χ3n) is 5.93. The van der Waals surface area contributed by atoms with Gasteiger partial charge in [0.25, 0.3) is 0 Å². The normalized spacial score (nSPS) is 17.8. The van der Waals surface area contributed by atoms with Gasteiger partial charge >= 0.3 is 0 Å². The van der Waals surface area contributed by atoms with Crippen LogP contribution in [-0.2, 0) is 0 Å². The molecule has 0 bridgehead atoms. The molecule has 180 valence electrons. The zero-order chi connectivity index (χ0) is 24.4. The highest BCUT2D eigenvalue weighted by Gasteiger charge is 2.44. The van der Waals surface area contributed by atoms with Crippen molar-refractivity contribution in [2.45, 2.75) is 18.4 Å². The van der Waals surface area contributed by atoms with Gasteiger partial charge in [-0.25, -0.2) is 14.4 Å². The minimum Gasteiger partial charge on any atom is -0.493 e. The number of furan rings is 1. The fourth-order valence-electron chi connectivity index (χ4n) is 4.18. The van der Waals surface area contributed by atoms with Crippen LogP contribution in [0.25, 0.3) is 10.9 Å². The number of methoxy groups -OCH3 is 1. The maximum atomic E-state index is 14.5. The molecule has 35 heavy (non-hydrogen) atoms. The molecule has 0 saturated carbocycles. The summed E-state index contributed by atoms with van der Waals surface area (Å²) in [5.74, 6) is 0.427. The fraction of sp³-hybridized carbons (Fsp3) is 0.240. The van der Waals surface area contributed by atoms with E-state index < -0.39 is 11.4 Å². The second-order valence-corrected chi connectivity index (χ2v) is 8.56. The number of nitrogens with zero attached hydrogens (tertiary/aromatic N) is 2. The Hall–Kier alpha value is -3.69. The number of hydrogen-bond acceptors (Lipinski definition) is 8. The molecule has 1 atom stereocenters. The van der Waals surface area contributed by atoms with Gasteiger partial charge in [0, 0.05) is 18.0 Å². The quantitative estimate of drug-likeness (QED) is 0.339. The molecule has 2 aromatic heterocycles. The summed E-state index contributed by atoms with van der Waals surface area (Å²) in [6.07, 6.45) is 4.05. The SMILES string of the molecule is COc1cc2ncnc(Nc3cccc(Cl)c3F)c2cc1O[C@]1(C(=O)c2ccco2)CCCNC1. The summed E-state index contributed by atoms with van der Waals surface area (Å²) in [6.45, 7) is 1.08. The van der Waals surface area contributed by atoms with Crippen LogP contribution in [0.4, 0.5) is 15.9 Å². The van der Waals surface area contributed by atoms with Crippen molar-refractivity contribution in [1.29, 1.82) is 0 Å². The number of nitrogens with one attached hydrogen (secondary N) is 2. The number of carbonyl (C=O) groups excluding carboxylic acids is 1. The van der Waals surface area contributed by atoms with Gasteiger partial charge in [0.05, 0.1) is 29.6 Å². The largest absolute Gasteiger partial charge is 0.493 e. The van der Waals surface area contributed by atoms with Gasteiger partial charge < -0.3 is 24.5 Å². The molecular formula is C25H22ClFN4O4. The predicted molar refractivity (Wildman–Crippen MR) is 129 cm³/mol. The molecule has 0 amide bonds. The van der Waals surface area contributed by atoms with Crippen LogP contribution in [0.2, 0.25) is 5.02 Å². The Labute approximate surface area is 205 Å². The second kappa shape index (κ2) is 9.52. The Morgan fingerprint density at radius 2 is 2.11 bits per heavy atom. The van der Waals surface area contributed by atoms with Crippen LogP contribution < -0.4 is 20.1 Å². The molecule has 8 nitrogen and oxygen atoms in total. The molecule has 1 saturated heterocycles. The molecule has 2 aromatic carbocycles. The number of ketones is 1. The zero-order valence-electron chi connectivity index (χ0n) is 18.8. The van der Waals surface area contributed by atoms with Crippen LogP contribution >= 0.6 is 11.6 Å². The van der Waals surface area contributed by atoms with E-state index in [1.54, 1.807) is 36.4 Å². The lowest BCUT2D eigenvalue weighted by Crippen LogP contribution is -2.55. The molecule has 2 N–H and O–H groups in total. The van der Waals surface area contributed by atoms with Gasteiger partial charge in [0.1, 0.15) is 12.1 Å². The van der Waals surface area contributed by atoms with Crippen molar-refractivity contribution in [3.63, 3.8) is 0 Å². The molecule has 0 spiro atoms. The Bertz CT molecular complexity index is 1370. The minimum absolute atomic E-state index is 0.0118. The Balaban J connectivity index is 1.58. The van der Waals surface area contributed by atoms with Gasteiger partial charge in [-0.2, -0.15) is 0 Å². The monoisotopic (exact) mass is 496 g/mol. The van der Waals surface area contributed by atoms with Gasteiger partial charge in [-0.05, 0) is 49.7 Å². The van der Waals surface area contributed by atoms with Crippen LogP contribution in [0.1, 0.15) is 23.4 Å². The number of piperidine rings is 1. The molecule has 10 heteroatoms. The van der Waals surface area contributed by atoms with Gasteiger partial charge in [-0.15, -0.1) is 0 Å². The molecule has 0 radical (unpaired) electrons. The van der Waals surface area contributed by atoms with Gasteiger partial charge in [0.15, 0.2) is 28.7 Å². The highest BCUT2D eigenvalue weighted by atomic mass is 35.5. The molecule has 0 unspecified atom stereocenters. The van der Waals surface area contributed by atoms with Crippen LogP contribution in [0.3, 0.4) is 0 Å². The molecule has 1 aliphatic rings. The number of ether oxygens (including phenoxy) is 2. The summed E-state index contributed by atoms with van der Waals surface area (Å²) >= 11 is 5.93. The summed E-state index contributed by atoms with van der Waals surface area (Å²) in [5, 5.41) is 6.76. The van der Waals surface area contributed by atoms with Crippen molar-refractivity contribution in [2.75, 3.05) is 25.5 Å². The smallest absolute Gasteiger partial charge is 0.242 e. The average Bonchev–Trinajstić information content (AvgIpc) is 3.42. The number of rotatable bonds is 7. The fourth-order valence-corrected chi connectivity index (χ4v) is 4.35. The lowest BCUT2D eigenvalue weighted by Gasteiger charge is -2.36. The van der Waals surface area contributed by atoms with E-state index in [1.807, 2.05) is 0 Å². The summed E-state index contributed by atoms with van der Waals surface area (Å²) in [6, 6.07) is 11.3. The van der Waals surface area contributed by atoms with E-state index in [9.17, 15) is 9.18 Å². The second-order valence-electron chi connectivity index (χ2n) is 8.15. The minimum atomic E-state index is -1.20. The topological polar surface area (TPSA) is 98.5 Å². The summed E-state index contributed by atoms with van der Waals surface area (Å²) in [4.78, 5) is 22.0. The average molecular weight is 497 g/mol. The molecule has 3 heterocycles. The molecular weight excluding hydrogens is 475 g/mol. The third kappa shape index (κ3) is 4.40. The highest BCUT2D eigenvalue weighted by molar-refractivity contribution is 6.31. The number of fused-ring (bicyclic) bond motifs is 1. The number of halogens is 2. The maximum absolute atomic E-state index is 14.5. The van der Waals surface area contributed by atoms with Gasteiger partial charge in [-0.3, -0.25) is 4.79 Å². The zero-order valence-corrected chi connectivity index (χ0v) is 19.6. The Morgan fingerprint density at radius 1 is 1.23 bits per heavy atom. The number of aromatic nitrogens is 2. The van der Waals surface area contributed by atoms with Crippen LogP contribution in [-0.4, -0.2) is 41.6 Å². The molecule has 0 aliphatic carbocycles. The summed E-state index contributed by atoms with van der Waals surface area (Å²) in [7, 11) is 1.51. The van der Waals surface area contributed by atoms with E-state index in [4.69, 9.17) is 25.5 Å². The van der Waals surface area contributed by atoms with E-state index in [0.29, 0.717) is 41.2 Å². The highest BCUT2D eigenvalue weighted by Crippen LogP contribution is 2.39. The Morgan fingerprint density at radius 3 is 2.86 bits per heavy atom. The van der Waals surface area contributed by atoms with Crippen molar-refractivity contribution in [1.82, 2.24) is 15.3 Å². The number of Topliss-reactive ketones (excluding diaryl/α,β-unsaturated/α-hetero) is 1. The Kier molecular flexibility index (Phi) is 6.27. The van der Waals surface area contributed by atoms with E-state index >= 15 is 0 Å². The van der Waals surface area contributed by atoms with Gasteiger partial charge in [0.2, 0.25) is 5.78 Å². The summed E-state index contributed by atoms with van der Waals surface area (Å²) in [5.41, 5.74) is -0.488. The van der Waals surface area contributed by atoms with Crippen LogP contribution in [0.15, 0.2) is 59.5 Å². The maximum Gasteiger partial charge on any atom is 0.242 e. The number of anilines is 2. The lowest BCUT2D eigenvalue weighted by molar-refractivity contribution is 0.0296. The molecule has 5 rings (SSSR count). The van der Waals surface area contributed by atoms with E-state index in [1.165, 1.54) is 25.8 Å². The van der Waals surface area contributed by atoms with Crippen molar-refractivity contribution >= 4 is 39.8 Å². The van der Waals surface area contributed by atoms with Crippen molar-refractivity contribution < 1.29 is 23.1 Å². The van der Waals surface area contributed by atoms with Crippen LogP contribution in [0.5, 0.6) is 11.5 Å². The number of benzene rings is 2. The standard InChI is InChI=1S/C25H22ClFN4O4/c1-33-20-12-18-15(24(30-14-29-18)31-17-6-2-5-16(26)22(17)27)11-21(20)35-25(8-4-9-28-13-25)23(32)19-7-3-10-34-19/h2-3,5-7,10-12,14,28H,4,8-9,13H2,1H3,(H,29,30,31)/t25-/m1/s1. The van der Waals surface area contributed by atoms with Crippen molar-refractivity contribution in [3.05, 3.63) is 71.7 Å². The van der Waals surface area contributed by atoms with E-state index in [2.05, 4.69) is 20.6 Å². The number of carbonyl (C=O) groups is 1. The van der Waals surface area contributed by atoms with Crippen LogP contribution in [0, 0.1) is 5.82 Å². The molecule has 1 aliphatic heterocycles. The first-order valence-electron chi connectivity index (χ1n) is 11.0. The van der Waals surface area contributed by atoms with E-state index in [-0.39, 0.29) is 22.3 Å². The first-order chi connectivity index (χ1) is 17.0. The third-order valence-corrected chi connectivity index (χ3v) is 6.23. The van der Waals surface area contributed by atoms with E-state index in [0.717, 1.165) is 13.0 Å². The first kappa shape index (κ1) is 23.1. The van der Waals surface area contributed by atoms with Gasteiger partial charge in [-0.1, -0.05) is 17.7 Å². The van der Waals surface area contributed by atoms with Crippen molar-refractivity contribution in [2.24, 2.45) is 0 Å². The lowest BCUT2D eigenvalue weighted by atomic mass is 9.88.